The molecule has 2 rings (SSSR count). The van der Waals surface area contributed by atoms with Crippen molar-refractivity contribution in [3.8, 4) is 5.75 Å². The summed E-state index contributed by atoms with van der Waals surface area (Å²) in [4.78, 5) is 4.02. The van der Waals surface area contributed by atoms with Crippen molar-refractivity contribution in [2.45, 2.75) is 13.5 Å². The monoisotopic (exact) mass is 330 g/mol. The number of aryl methyl sites for hydroxylation is 1. The van der Waals surface area contributed by atoms with Crippen molar-refractivity contribution in [2.24, 2.45) is 0 Å². The molecule has 1 heterocycles. The first-order valence-electron chi connectivity index (χ1n) is 5.91. The van der Waals surface area contributed by atoms with E-state index in [2.05, 4.69) is 10.3 Å². The predicted molar refractivity (Wildman–Crippen MR) is 84.3 cm³/mol. The fourth-order valence-corrected chi connectivity index (χ4v) is 2.72. The van der Waals surface area contributed by atoms with Crippen LogP contribution in [0.15, 0.2) is 24.3 Å². The highest BCUT2D eigenvalue weighted by Gasteiger charge is 2.11. The van der Waals surface area contributed by atoms with Crippen LogP contribution < -0.4 is 10.1 Å². The van der Waals surface area contributed by atoms with Crippen molar-refractivity contribution < 1.29 is 4.74 Å². The van der Waals surface area contributed by atoms with Crippen LogP contribution in [0.4, 0.5) is 5.69 Å². The van der Waals surface area contributed by atoms with E-state index in [1.807, 2.05) is 25.1 Å². The summed E-state index contributed by atoms with van der Waals surface area (Å²) in [6, 6.07) is 7.26. The SMILES string of the molecule is COc1cccc(Cl)c1CNc1c(C)cc(Cl)nc1Cl. The molecule has 20 heavy (non-hydrogen) atoms. The third-order valence-electron chi connectivity index (χ3n) is 2.88. The van der Waals surface area contributed by atoms with Crippen LogP contribution in [0.2, 0.25) is 15.3 Å². The van der Waals surface area contributed by atoms with E-state index < -0.39 is 0 Å². The van der Waals surface area contributed by atoms with Gasteiger partial charge in [0.25, 0.3) is 0 Å². The van der Waals surface area contributed by atoms with E-state index in [9.17, 15) is 0 Å². The zero-order valence-corrected chi connectivity index (χ0v) is 13.3. The Bertz CT molecular complexity index is 609. The lowest BCUT2D eigenvalue weighted by Crippen LogP contribution is -2.05. The molecule has 1 aromatic carbocycles. The maximum absolute atomic E-state index is 6.19. The van der Waals surface area contributed by atoms with E-state index in [4.69, 9.17) is 39.5 Å². The van der Waals surface area contributed by atoms with E-state index in [-0.39, 0.29) is 0 Å². The first-order chi connectivity index (χ1) is 9.52. The number of methoxy groups -OCH3 is 1. The number of pyridine rings is 1. The summed E-state index contributed by atoms with van der Waals surface area (Å²) >= 11 is 18.1. The molecule has 0 radical (unpaired) electrons. The van der Waals surface area contributed by atoms with Gasteiger partial charge in [-0.1, -0.05) is 40.9 Å². The third kappa shape index (κ3) is 3.29. The third-order valence-corrected chi connectivity index (χ3v) is 3.70. The van der Waals surface area contributed by atoms with E-state index >= 15 is 0 Å². The van der Waals surface area contributed by atoms with Crippen LogP contribution in [-0.2, 0) is 6.54 Å². The highest BCUT2D eigenvalue weighted by atomic mass is 35.5. The number of benzene rings is 1. The number of anilines is 1. The first kappa shape index (κ1) is 15.2. The van der Waals surface area contributed by atoms with Crippen molar-refractivity contribution >= 4 is 40.5 Å². The van der Waals surface area contributed by atoms with Crippen LogP contribution in [0.1, 0.15) is 11.1 Å². The van der Waals surface area contributed by atoms with Crippen LogP contribution in [0.25, 0.3) is 0 Å². The summed E-state index contributed by atoms with van der Waals surface area (Å²) in [7, 11) is 1.61. The average Bonchev–Trinajstić information content (AvgIpc) is 2.38. The van der Waals surface area contributed by atoms with Crippen LogP contribution in [-0.4, -0.2) is 12.1 Å². The van der Waals surface area contributed by atoms with Gasteiger partial charge in [0, 0.05) is 17.1 Å². The molecule has 1 aromatic heterocycles. The van der Waals surface area contributed by atoms with Gasteiger partial charge in [0.05, 0.1) is 12.8 Å². The van der Waals surface area contributed by atoms with Crippen LogP contribution in [0, 0.1) is 6.92 Å². The number of hydrogen-bond acceptors (Lipinski definition) is 3. The lowest BCUT2D eigenvalue weighted by atomic mass is 10.2. The molecule has 0 unspecified atom stereocenters. The average molecular weight is 332 g/mol. The highest BCUT2D eigenvalue weighted by Crippen LogP contribution is 2.30. The minimum absolute atomic E-state index is 0.334. The Kier molecular flexibility index (Phi) is 4.97. The molecule has 0 aliphatic carbocycles. The van der Waals surface area contributed by atoms with Gasteiger partial charge in [-0.2, -0.15) is 0 Å². The van der Waals surface area contributed by atoms with Gasteiger partial charge in [-0.15, -0.1) is 0 Å². The number of hydrogen-bond donors (Lipinski definition) is 1. The fraction of sp³-hybridized carbons (Fsp3) is 0.214. The quantitative estimate of drug-likeness (QED) is 0.803. The van der Waals surface area contributed by atoms with Gasteiger partial charge in [0.1, 0.15) is 10.9 Å². The van der Waals surface area contributed by atoms with Gasteiger partial charge in [-0.25, -0.2) is 4.98 Å². The number of rotatable bonds is 4. The Morgan fingerprint density at radius 2 is 2.00 bits per heavy atom. The van der Waals surface area contributed by atoms with Crippen LogP contribution in [0.3, 0.4) is 0 Å². The molecule has 0 aliphatic rings. The van der Waals surface area contributed by atoms with Gasteiger partial charge in [-0.05, 0) is 30.7 Å². The minimum Gasteiger partial charge on any atom is -0.496 e. The summed E-state index contributed by atoms with van der Waals surface area (Å²) in [5.41, 5.74) is 2.51. The molecule has 0 saturated carbocycles. The van der Waals surface area contributed by atoms with E-state index in [0.717, 1.165) is 22.6 Å². The second-order valence-electron chi connectivity index (χ2n) is 4.20. The summed E-state index contributed by atoms with van der Waals surface area (Å²) < 4.78 is 5.30. The van der Waals surface area contributed by atoms with E-state index in [1.54, 1.807) is 13.2 Å². The number of aromatic nitrogens is 1. The number of ether oxygens (including phenoxy) is 1. The molecule has 3 nitrogen and oxygen atoms in total. The lowest BCUT2D eigenvalue weighted by Gasteiger charge is -2.14. The Labute approximate surface area is 132 Å². The van der Waals surface area contributed by atoms with Crippen molar-refractivity contribution in [3.63, 3.8) is 0 Å². The fourth-order valence-electron chi connectivity index (χ4n) is 1.89. The molecule has 0 aliphatic heterocycles. The standard InChI is InChI=1S/C14H13Cl3N2O/c1-8-6-12(16)19-14(17)13(8)18-7-9-10(15)4-3-5-11(9)20-2/h3-6,18H,7H2,1-2H3. The van der Waals surface area contributed by atoms with Gasteiger partial charge < -0.3 is 10.1 Å². The summed E-state index contributed by atoms with van der Waals surface area (Å²) in [6.07, 6.45) is 0. The van der Waals surface area contributed by atoms with Gasteiger partial charge in [0.2, 0.25) is 0 Å². The topological polar surface area (TPSA) is 34.1 Å². The zero-order valence-electron chi connectivity index (χ0n) is 11.0. The minimum atomic E-state index is 0.334. The predicted octanol–water partition coefficient (Wildman–Crippen LogP) is 4.97. The van der Waals surface area contributed by atoms with Gasteiger partial charge >= 0.3 is 0 Å². The summed E-state index contributed by atoms with van der Waals surface area (Å²) in [6.45, 7) is 2.39. The molecule has 2 aromatic rings. The van der Waals surface area contributed by atoms with Crippen LogP contribution >= 0.6 is 34.8 Å². The van der Waals surface area contributed by atoms with Gasteiger partial charge in [-0.3, -0.25) is 0 Å². The molecule has 6 heteroatoms. The molecule has 106 valence electrons. The summed E-state index contributed by atoms with van der Waals surface area (Å²) in [5, 5.41) is 4.56. The van der Waals surface area contributed by atoms with Gasteiger partial charge in [0.15, 0.2) is 5.15 Å². The normalized spacial score (nSPS) is 10.4. The molecule has 0 saturated heterocycles. The molecule has 0 spiro atoms. The molecule has 0 amide bonds. The smallest absolute Gasteiger partial charge is 0.154 e. The van der Waals surface area contributed by atoms with Crippen molar-refractivity contribution in [1.82, 2.24) is 4.98 Å². The Hall–Kier alpha value is -1.16. The second kappa shape index (κ2) is 6.53. The largest absolute Gasteiger partial charge is 0.496 e. The maximum Gasteiger partial charge on any atom is 0.154 e. The zero-order chi connectivity index (χ0) is 14.7. The number of halogens is 3. The summed E-state index contributed by atoms with van der Waals surface area (Å²) in [5.74, 6) is 0.723. The first-order valence-corrected chi connectivity index (χ1v) is 7.04. The molecule has 0 atom stereocenters. The maximum atomic E-state index is 6.19. The Balaban J connectivity index is 2.26. The van der Waals surface area contributed by atoms with E-state index in [0.29, 0.717) is 21.9 Å². The Morgan fingerprint density at radius 3 is 2.65 bits per heavy atom. The molecule has 1 N–H and O–H groups in total. The number of nitrogens with one attached hydrogen (secondary N) is 1. The van der Waals surface area contributed by atoms with Crippen molar-refractivity contribution in [2.75, 3.05) is 12.4 Å². The van der Waals surface area contributed by atoms with Crippen molar-refractivity contribution in [3.05, 3.63) is 50.7 Å². The molecular formula is C14H13Cl3N2O. The van der Waals surface area contributed by atoms with E-state index in [1.165, 1.54) is 0 Å². The lowest BCUT2D eigenvalue weighted by molar-refractivity contribution is 0.410. The highest BCUT2D eigenvalue weighted by molar-refractivity contribution is 6.34. The van der Waals surface area contributed by atoms with Crippen LogP contribution in [0.5, 0.6) is 5.75 Å². The molecule has 0 fully saturated rings. The number of nitrogens with zero attached hydrogens (tertiary/aromatic N) is 1. The van der Waals surface area contributed by atoms with Crippen molar-refractivity contribution in [1.29, 1.82) is 0 Å². The second-order valence-corrected chi connectivity index (χ2v) is 5.35. The molecule has 0 bridgehead atoms. The Morgan fingerprint density at radius 1 is 1.25 bits per heavy atom. The molecular weight excluding hydrogens is 319 g/mol.